The van der Waals surface area contributed by atoms with E-state index < -0.39 is 0 Å². The molecule has 2 heterocycles. The highest BCUT2D eigenvalue weighted by Crippen LogP contribution is 2.35. The molecular formula is C19H28N2O4. The summed E-state index contributed by atoms with van der Waals surface area (Å²) in [4.78, 5) is 16.4. The van der Waals surface area contributed by atoms with Crippen LogP contribution in [0.5, 0.6) is 17.2 Å². The van der Waals surface area contributed by atoms with E-state index in [1.807, 2.05) is 12.1 Å². The summed E-state index contributed by atoms with van der Waals surface area (Å²) in [5.41, 5.74) is 1.04. The highest BCUT2D eigenvalue weighted by Gasteiger charge is 2.31. The fraction of sp³-hybridized carbons (Fsp3) is 0.632. The van der Waals surface area contributed by atoms with E-state index in [1.165, 1.54) is 0 Å². The largest absolute Gasteiger partial charge is 0.496 e. The predicted molar refractivity (Wildman–Crippen MR) is 95.3 cm³/mol. The SMILES string of the molecule is COc1cc(OC)c(CN2CCC(N3CCCC3=O)CC2)c(OC)c1. The second-order valence-electron chi connectivity index (χ2n) is 6.71. The van der Waals surface area contributed by atoms with Crippen LogP contribution < -0.4 is 14.2 Å². The van der Waals surface area contributed by atoms with Crippen molar-refractivity contribution in [3.8, 4) is 17.2 Å². The molecule has 138 valence electrons. The molecule has 25 heavy (non-hydrogen) atoms. The molecule has 6 heteroatoms. The van der Waals surface area contributed by atoms with Gasteiger partial charge in [-0.15, -0.1) is 0 Å². The zero-order chi connectivity index (χ0) is 17.8. The maximum atomic E-state index is 11.9. The van der Waals surface area contributed by atoms with E-state index in [2.05, 4.69) is 9.80 Å². The van der Waals surface area contributed by atoms with Gasteiger partial charge in [0.15, 0.2) is 0 Å². The molecule has 2 aliphatic heterocycles. The van der Waals surface area contributed by atoms with Gasteiger partial charge in [-0.25, -0.2) is 0 Å². The molecule has 0 saturated carbocycles. The summed E-state index contributed by atoms with van der Waals surface area (Å²) in [5.74, 6) is 2.63. The Bertz CT molecular complexity index is 586. The highest BCUT2D eigenvalue weighted by molar-refractivity contribution is 5.78. The van der Waals surface area contributed by atoms with E-state index in [1.54, 1.807) is 21.3 Å². The van der Waals surface area contributed by atoms with Crippen LogP contribution in [0.2, 0.25) is 0 Å². The number of likely N-dealkylation sites (tertiary alicyclic amines) is 2. The van der Waals surface area contributed by atoms with Crippen molar-refractivity contribution in [1.82, 2.24) is 9.80 Å². The van der Waals surface area contributed by atoms with Crippen molar-refractivity contribution in [2.75, 3.05) is 41.0 Å². The fourth-order valence-corrected chi connectivity index (χ4v) is 3.90. The number of benzene rings is 1. The zero-order valence-corrected chi connectivity index (χ0v) is 15.4. The van der Waals surface area contributed by atoms with Gasteiger partial charge >= 0.3 is 0 Å². The number of carbonyl (C=O) groups is 1. The number of carbonyl (C=O) groups excluding carboxylic acids is 1. The first kappa shape index (κ1) is 17.9. The van der Waals surface area contributed by atoms with Crippen LogP contribution in [-0.2, 0) is 11.3 Å². The number of methoxy groups -OCH3 is 3. The first-order chi connectivity index (χ1) is 12.2. The van der Waals surface area contributed by atoms with E-state index in [-0.39, 0.29) is 0 Å². The molecule has 2 saturated heterocycles. The Morgan fingerprint density at radius 3 is 2.12 bits per heavy atom. The molecular weight excluding hydrogens is 320 g/mol. The summed E-state index contributed by atoms with van der Waals surface area (Å²) >= 11 is 0. The van der Waals surface area contributed by atoms with Crippen LogP contribution in [0.3, 0.4) is 0 Å². The molecule has 3 rings (SSSR count). The van der Waals surface area contributed by atoms with Crippen molar-refractivity contribution in [2.24, 2.45) is 0 Å². The van der Waals surface area contributed by atoms with E-state index in [0.29, 0.717) is 11.9 Å². The fourth-order valence-electron chi connectivity index (χ4n) is 3.90. The Morgan fingerprint density at radius 2 is 1.64 bits per heavy atom. The van der Waals surface area contributed by atoms with Gasteiger partial charge in [0.2, 0.25) is 5.91 Å². The number of amides is 1. The molecule has 0 atom stereocenters. The normalized spacial score (nSPS) is 19.3. The van der Waals surface area contributed by atoms with Crippen LogP contribution in [0.1, 0.15) is 31.2 Å². The Labute approximate surface area is 149 Å². The molecule has 2 aliphatic rings. The van der Waals surface area contributed by atoms with Gasteiger partial charge in [-0.1, -0.05) is 0 Å². The van der Waals surface area contributed by atoms with Gasteiger partial charge in [-0.3, -0.25) is 9.69 Å². The Kier molecular flexibility index (Phi) is 5.68. The van der Waals surface area contributed by atoms with Gasteiger partial charge in [-0.2, -0.15) is 0 Å². The van der Waals surface area contributed by atoms with E-state index >= 15 is 0 Å². The zero-order valence-electron chi connectivity index (χ0n) is 15.4. The molecule has 0 aromatic heterocycles. The van der Waals surface area contributed by atoms with Crippen LogP contribution in [0.4, 0.5) is 0 Å². The van der Waals surface area contributed by atoms with Crippen molar-refractivity contribution in [2.45, 2.75) is 38.3 Å². The Balaban J connectivity index is 1.66. The summed E-state index contributed by atoms with van der Waals surface area (Å²) in [6, 6.07) is 4.20. The third kappa shape index (κ3) is 3.84. The van der Waals surface area contributed by atoms with Crippen LogP contribution in [0.15, 0.2) is 12.1 Å². The number of ether oxygens (including phenoxy) is 3. The number of rotatable bonds is 6. The maximum absolute atomic E-state index is 11.9. The van der Waals surface area contributed by atoms with Gasteiger partial charge in [0.25, 0.3) is 0 Å². The third-order valence-corrected chi connectivity index (χ3v) is 5.31. The minimum absolute atomic E-state index is 0.331. The second-order valence-corrected chi connectivity index (χ2v) is 6.71. The molecule has 0 aliphatic carbocycles. The molecule has 1 aromatic carbocycles. The second kappa shape index (κ2) is 7.95. The molecule has 1 amide bonds. The first-order valence-electron chi connectivity index (χ1n) is 8.97. The molecule has 2 fully saturated rings. The summed E-state index contributed by atoms with van der Waals surface area (Å²) < 4.78 is 16.4. The van der Waals surface area contributed by atoms with Crippen molar-refractivity contribution in [3.05, 3.63) is 17.7 Å². The first-order valence-corrected chi connectivity index (χ1v) is 8.97. The average molecular weight is 348 g/mol. The highest BCUT2D eigenvalue weighted by atomic mass is 16.5. The lowest BCUT2D eigenvalue weighted by atomic mass is 10.0. The summed E-state index contributed by atoms with van der Waals surface area (Å²) in [5, 5.41) is 0. The van der Waals surface area contributed by atoms with Gasteiger partial charge < -0.3 is 19.1 Å². The average Bonchev–Trinajstić information content (AvgIpc) is 3.08. The number of hydrogen-bond donors (Lipinski definition) is 0. The summed E-state index contributed by atoms with van der Waals surface area (Å²) in [7, 11) is 4.98. The van der Waals surface area contributed by atoms with Crippen molar-refractivity contribution in [3.63, 3.8) is 0 Å². The number of piperidine rings is 1. The van der Waals surface area contributed by atoms with E-state index in [9.17, 15) is 4.79 Å². The molecule has 1 aromatic rings. The van der Waals surface area contributed by atoms with Crippen molar-refractivity contribution < 1.29 is 19.0 Å². The number of nitrogens with zero attached hydrogens (tertiary/aromatic N) is 2. The Hall–Kier alpha value is -1.95. The predicted octanol–water partition coefficient (Wildman–Crippen LogP) is 2.30. The van der Waals surface area contributed by atoms with E-state index in [4.69, 9.17) is 14.2 Å². The number of hydrogen-bond acceptors (Lipinski definition) is 5. The quantitative estimate of drug-likeness (QED) is 0.790. The maximum Gasteiger partial charge on any atom is 0.222 e. The lowest BCUT2D eigenvalue weighted by Gasteiger charge is -2.37. The summed E-state index contributed by atoms with van der Waals surface area (Å²) in [6.07, 6.45) is 3.80. The summed E-state index contributed by atoms with van der Waals surface area (Å²) in [6.45, 7) is 3.67. The van der Waals surface area contributed by atoms with Gasteiger partial charge in [0.05, 0.1) is 26.9 Å². The van der Waals surface area contributed by atoms with Crippen molar-refractivity contribution >= 4 is 5.91 Å². The van der Waals surface area contributed by atoms with Crippen molar-refractivity contribution in [1.29, 1.82) is 0 Å². The standard InChI is InChI=1S/C19H28N2O4/c1-23-15-11-17(24-2)16(18(12-15)25-3)13-20-9-6-14(7-10-20)21-8-4-5-19(21)22/h11-12,14H,4-10,13H2,1-3H3. The molecule has 0 N–H and O–H groups in total. The van der Waals surface area contributed by atoms with Gasteiger partial charge in [0.1, 0.15) is 17.2 Å². The van der Waals surface area contributed by atoms with Gasteiger partial charge in [-0.05, 0) is 19.3 Å². The Morgan fingerprint density at radius 1 is 1.00 bits per heavy atom. The smallest absolute Gasteiger partial charge is 0.222 e. The molecule has 0 spiro atoms. The minimum Gasteiger partial charge on any atom is -0.496 e. The molecule has 0 unspecified atom stereocenters. The molecule has 6 nitrogen and oxygen atoms in total. The van der Waals surface area contributed by atoms with E-state index in [0.717, 1.165) is 74.7 Å². The molecule has 0 bridgehead atoms. The van der Waals surface area contributed by atoms with Gasteiger partial charge in [0, 0.05) is 50.8 Å². The monoisotopic (exact) mass is 348 g/mol. The van der Waals surface area contributed by atoms with Crippen LogP contribution >= 0.6 is 0 Å². The lowest BCUT2D eigenvalue weighted by molar-refractivity contribution is -0.130. The van der Waals surface area contributed by atoms with Crippen LogP contribution in [0, 0.1) is 0 Å². The molecule has 0 radical (unpaired) electrons. The topological polar surface area (TPSA) is 51.2 Å². The minimum atomic E-state index is 0.331. The lowest BCUT2D eigenvalue weighted by Crippen LogP contribution is -2.45. The van der Waals surface area contributed by atoms with Crippen LogP contribution in [-0.4, -0.2) is 62.7 Å². The third-order valence-electron chi connectivity index (χ3n) is 5.31. The van der Waals surface area contributed by atoms with Crippen LogP contribution in [0.25, 0.3) is 0 Å².